The van der Waals surface area contributed by atoms with Crippen molar-refractivity contribution in [2.24, 2.45) is 0 Å². The second-order valence-electron chi connectivity index (χ2n) is 14.6. The second kappa shape index (κ2) is 14.1. The zero-order chi connectivity index (χ0) is 36.6. The van der Waals surface area contributed by atoms with Gasteiger partial charge >= 0.3 is 0 Å². The summed E-state index contributed by atoms with van der Waals surface area (Å²) in [5.41, 5.74) is 20.0. The normalized spacial score (nSPS) is 15.6. The van der Waals surface area contributed by atoms with Crippen LogP contribution in [0.5, 0.6) is 0 Å². The second-order valence-corrected chi connectivity index (χ2v) is 14.6. The number of rotatable bonds is 7. The Hall–Kier alpha value is -6.96. The first kappa shape index (κ1) is 32.7. The van der Waals surface area contributed by atoms with E-state index in [1.165, 1.54) is 83.5 Å². The Morgan fingerprint density at radius 1 is 0.327 bits per heavy atom. The molecule has 0 saturated heterocycles. The van der Waals surface area contributed by atoms with Gasteiger partial charge in [-0.15, -0.1) is 0 Å². The van der Waals surface area contributed by atoms with Crippen molar-refractivity contribution in [1.82, 2.24) is 5.32 Å². The first-order valence-corrected chi connectivity index (χ1v) is 19.2. The Bertz CT molecular complexity index is 2700. The summed E-state index contributed by atoms with van der Waals surface area (Å²) in [4.78, 5) is 0. The lowest BCUT2D eigenvalue weighted by molar-refractivity contribution is 0.767. The molecule has 10 rings (SSSR count). The van der Waals surface area contributed by atoms with Gasteiger partial charge in [-0.25, -0.2) is 0 Å². The van der Waals surface area contributed by atoms with Gasteiger partial charge in [0, 0.05) is 11.6 Å². The van der Waals surface area contributed by atoms with E-state index in [9.17, 15) is 0 Å². The van der Waals surface area contributed by atoms with Crippen LogP contribution in [0.15, 0.2) is 218 Å². The highest BCUT2D eigenvalue weighted by atomic mass is 14.9. The number of benzene rings is 8. The predicted octanol–water partition coefficient (Wildman–Crippen LogP) is 13.6. The van der Waals surface area contributed by atoms with Crippen LogP contribution < -0.4 is 5.32 Å². The average molecular weight is 702 g/mol. The van der Waals surface area contributed by atoms with Gasteiger partial charge in [-0.3, -0.25) is 0 Å². The lowest BCUT2D eigenvalue weighted by Crippen LogP contribution is -2.21. The fourth-order valence-corrected chi connectivity index (χ4v) is 8.44. The Morgan fingerprint density at radius 2 is 0.836 bits per heavy atom. The van der Waals surface area contributed by atoms with E-state index < -0.39 is 0 Å². The lowest BCUT2D eigenvalue weighted by Gasteiger charge is -2.26. The molecule has 0 saturated carbocycles. The van der Waals surface area contributed by atoms with Crippen molar-refractivity contribution in [1.29, 1.82) is 0 Å². The Labute approximate surface area is 323 Å². The summed E-state index contributed by atoms with van der Waals surface area (Å²) in [6.45, 7) is 0. The van der Waals surface area contributed by atoms with Crippen LogP contribution in [0.3, 0.4) is 0 Å². The standard InChI is InChI=1S/C54H39N/c1-4-14-37(15-5-1)38-26-28-41(29-27-38)54-50-25-11-10-24-48(50)49-31-30-46(34-51(49)54)44-22-12-20-42(32-44)43-21-13-23-45(33-43)47-35-52(39-16-6-2-7-17-39)55-53(36-47)40-18-8-3-9-19-40/h1-36,52,54-55H. The third-order valence-electron chi connectivity index (χ3n) is 11.2. The number of nitrogens with one attached hydrogen (secondary N) is 1. The SMILES string of the molecule is C1=C(c2cccc(-c3cccc(-c4ccc5c(c4)C(c4ccc(-c6ccccc6)cc4)c4ccccc4-5)c3)c2)C=C(c2ccccc2)NC1c1ccccc1. The van der Waals surface area contributed by atoms with Gasteiger partial charge in [-0.2, -0.15) is 0 Å². The fraction of sp³-hybridized carbons (Fsp3) is 0.0370. The molecule has 2 unspecified atom stereocenters. The van der Waals surface area contributed by atoms with Gasteiger partial charge in [0.1, 0.15) is 0 Å². The van der Waals surface area contributed by atoms with E-state index in [1.807, 2.05) is 0 Å². The van der Waals surface area contributed by atoms with Crippen LogP contribution in [0.1, 0.15) is 45.3 Å². The molecule has 1 heterocycles. The molecule has 8 aromatic rings. The van der Waals surface area contributed by atoms with Crippen LogP contribution in [-0.2, 0) is 0 Å². The minimum Gasteiger partial charge on any atom is -0.374 e. The minimum absolute atomic E-state index is 0.0694. The summed E-state index contributed by atoms with van der Waals surface area (Å²) in [7, 11) is 0. The van der Waals surface area contributed by atoms with Crippen molar-refractivity contribution >= 4 is 11.3 Å². The van der Waals surface area contributed by atoms with Crippen LogP contribution in [0, 0.1) is 0 Å². The van der Waals surface area contributed by atoms with E-state index in [0.29, 0.717) is 0 Å². The Morgan fingerprint density at radius 3 is 1.55 bits per heavy atom. The summed E-state index contributed by atoms with van der Waals surface area (Å²) < 4.78 is 0. The quantitative estimate of drug-likeness (QED) is 0.174. The predicted molar refractivity (Wildman–Crippen MR) is 230 cm³/mol. The van der Waals surface area contributed by atoms with Crippen LogP contribution in [0.4, 0.5) is 0 Å². The van der Waals surface area contributed by atoms with Crippen molar-refractivity contribution in [3.8, 4) is 44.5 Å². The average Bonchev–Trinajstić information content (AvgIpc) is 3.61. The first-order chi connectivity index (χ1) is 27.2. The van der Waals surface area contributed by atoms with Gasteiger partial charge in [0.15, 0.2) is 0 Å². The maximum absolute atomic E-state index is 3.79. The molecule has 8 aromatic carbocycles. The van der Waals surface area contributed by atoms with E-state index in [4.69, 9.17) is 0 Å². The van der Waals surface area contributed by atoms with Gasteiger partial charge in [0.25, 0.3) is 0 Å². The first-order valence-electron chi connectivity index (χ1n) is 19.2. The third kappa shape index (κ3) is 6.30. The molecule has 1 nitrogen and oxygen atoms in total. The molecule has 0 bridgehead atoms. The molecule has 1 N–H and O–H groups in total. The summed E-state index contributed by atoms with van der Waals surface area (Å²) in [6, 6.07) is 75.2. The smallest absolute Gasteiger partial charge is 0.0707 e. The van der Waals surface area contributed by atoms with Crippen LogP contribution in [0.25, 0.3) is 55.8 Å². The topological polar surface area (TPSA) is 12.0 Å². The highest BCUT2D eigenvalue weighted by Crippen LogP contribution is 2.49. The number of dihydropyridines is 1. The highest BCUT2D eigenvalue weighted by molar-refractivity contribution is 5.88. The molecule has 0 spiro atoms. The largest absolute Gasteiger partial charge is 0.374 e. The molecule has 0 amide bonds. The maximum Gasteiger partial charge on any atom is 0.0707 e. The Balaban J connectivity index is 0.996. The van der Waals surface area contributed by atoms with Crippen molar-refractivity contribution < 1.29 is 0 Å². The van der Waals surface area contributed by atoms with E-state index >= 15 is 0 Å². The molecule has 1 aliphatic heterocycles. The molecule has 0 radical (unpaired) electrons. The molecule has 2 atom stereocenters. The molecule has 0 aromatic heterocycles. The third-order valence-corrected chi connectivity index (χ3v) is 11.2. The zero-order valence-corrected chi connectivity index (χ0v) is 30.4. The lowest BCUT2D eigenvalue weighted by atomic mass is 9.87. The molecule has 55 heavy (non-hydrogen) atoms. The van der Waals surface area contributed by atoms with Gasteiger partial charge in [-0.05, 0) is 114 Å². The maximum atomic E-state index is 3.79. The molecular weight excluding hydrogens is 663 g/mol. The molecule has 260 valence electrons. The van der Waals surface area contributed by atoms with Gasteiger partial charge in [0.2, 0.25) is 0 Å². The number of hydrogen-bond acceptors (Lipinski definition) is 1. The Kier molecular flexibility index (Phi) is 8.39. The van der Waals surface area contributed by atoms with Gasteiger partial charge in [-0.1, -0.05) is 188 Å². The summed E-state index contributed by atoms with van der Waals surface area (Å²) in [5.74, 6) is 0.183. The molecular formula is C54H39N. The summed E-state index contributed by atoms with van der Waals surface area (Å²) >= 11 is 0. The fourth-order valence-electron chi connectivity index (χ4n) is 8.44. The molecule has 2 aliphatic rings. The van der Waals surface area contributed by atoms with E-state index in [-0.39, 0.29) is 12.0 Å². The van der Waals surface area contributed by atoms with Crippen molar-refractivity contribution in [3.63, 3.8) is 0 Å². The number of fused-ring (bicyclic) bond motifs is 3. The summed E-state index contributed by atoms with van der Waals surface area (Å²) in [5, 5.41) is 3.79. The molecule has 1 aliphatic carbocycles. The molecule has 0 fully saturated rings. The van der Waals surface area contributed by atoms with Crippen molar-refractivity contribution in [2.75, 3.05) is 0 Å². The van der Waals surface area contributed by atoms with Gasteiger partial charge in [0.05, 0.1) is 6.04 Å². The van der Waals surface area contributed by atoms with Crippen LogP contribution in [-0.4, -0.2) is 0 Å². The van der Waals surface area contributed by atoms with Crippen molar-refractivity contribution in [3.05, 3.63) is 252 Å². The van der Waals surface area contributed by atoms with Gasteiger partial charge < -0.3 is 5.32 Å². The zero-order valence-electron chi connectivity index (χ0n) is 30.4. The van der Waals surface area contributed by atoms with Crippen LogP contribution >= 0.6 is 0 Å². The number of hydrogen-bond donors (Lipinski definition) is 1. The van der Waals surface area contributed by atoms with E-state index in [1.54, 1.807) is 0 Å². The summed E-state index contributed by atoms with van der Waals surface area (Å²) in [6.07, 6.45) is 4.64. The number of allylic oxidation sites excluding steroid dienone is 2. The minimum atomic E-state index is 0.0694. The van der Waals surface area contributed by atoms with E-state index in [0.717, 1.165) is 5.70 Å². The van der Waals surface area contributed by atoms with E-state index in [2.05, 4.69) is 224 Å². The monoisotopic (exact) mass is 701 g/mol. The van der Waals surface area contributed by atoms with Crippen molar-refractivity contribution in [2.45, 2.75) is 12.0 Å². The molecule has 1 heteroatoms. The van der Waals surface area contributed by atoms with Crippen LogP contribution in [0.2, 0.25) is 0 Å². The highest BCUT2D eigenvalue weighted by Gasteiger charge is 2.30.